The number of hydrogen-bond acceptors (Lipinski definition) is 5. The highest BCUT2D eigenvalue weighted by Crippen LogP contribution is 2.47. The Kier molecular flexibility index (Phi) is 11.8. The Morgan fingerprint density at radius 2 is 1.76 bits per heavy atom. The van der Waals surface area contributed by atoms with Crippen LogP contribution in [0.3, 0.4) is 0 Å². The molecule has 11 heteroatoms. The van der Waals surface area contributed by atoms with Crippen molar-refractivity contribution in [2.45, 2.75) is 18.9 Å². The molecule has 1 aliphatic heterocycles. The smallest absolute Gasteiger partial charge is 0.251 e. The third-order valence-electron chi connectivity index (χ3n) is 6.61. The summed E-state index contributed by atoms with van der Waals surface area (Å²) < 4.78 is 14.6. The quantitative estimate of drug-likeness (QED) is 0.380. The number of amides is 2. The van der Waals surface area contributed by atoms with Gasteiger partial charge in [-0.05, 0) is 60.4 Å². The Balaban J connectivity index is 0.00000169. The number of benzene rings is 2. The fourth-order valence-corrected chi connectivity index (χ4v) is 4.48. The van der Waals surface area contributed by atoms with E-state index in [-0.39, 0.29) is 67.4 Å². The van der Waals surface area contributed by atoms with Crippen molar-refractivity contribution in [1.29, 1.82) is 0 Å². The minimum absolute atomic E-state index is 0. The number of halogens is 4. The number of hydrogen-bond donors (Lipinski definition) is 3. The topological polar surface area (TPSA) is 86.4 Å². The summed E-state index contributed by atoms with van der Waals surface area (Å²) in [4.78, 5) is 31.5. The average molecular weight is 583 g/mol. The van der Waals surface area contributed by atoms with Gasteiger partial charge in [0.2, 0.25) is 5.91 Å². The molecule has 3 aromatic rings. The number of nitrogens with one attached hydrogen (secondary N) is 3. The van der Waals surface area contributed by atoms with Crippen LogP contribution in [-0.4, -0.2) is 43.0 Å². The van der Waals surface area contributed by atoms with E-state index in [1.54, 1.807) is 36.7 Å². The zero-order chi connectivity index (χ0) is 24.2. The van der Waals surface area contributed by atoms with Gasteiger partial charge in [0.25, 0.3) is 5.91 Å². The second kappa shape index (κ2) is 14.3. The second-order valence-electron chi connectivity index (χ2n) is 9.00. The maximum atomic E-state index is 14.6. The summed E-state index contributed by atoms with van der Waals surface area (Å²) in [7, 11) is 0. The second-order valence-corrected chi connectivity index (χ2v) is 9.00. The normalized spacial score (nSPS) is 17.7. The molecule has 204 valence electrons. The molecular formula is C27H31Cl3FN5O2. The van der Waals surface area contributed by atoms with Crippen molar-refractivity contribution in [3.05, 3.63) is 89.5 Å². The molecule has 1 aromatic heterocycles. The summed E-state index contributed by atoms with van der Waals surface area (Å²) in [5, 5.41) is 8.89. The number of nitrogens with zero attached hydrogens (tertiary/aromatic N) is 2. The van der Waals surface area contributed by atoms with Crippen LogP contribution in [-0.2, 0) is 11.3 Å². The first kappa shape index (κ1) is 31.3. The lowest BCUT2D eigenvalue weighted by Crippen LogP contribution is -2.43. The van der Waals surface area contributed by atoms with Crippen molar-refractivity contribution in [1.82, 2.24) is 15.6 Å². The van der Waals surface area contributed by atoms with Crippen LogP contribution in [0.15, 0.2) is 67.0 Å². The fourth-order valence-electron chi connectivity index (χ4n) is 4.48. The number of carbonyl (C=O) groups is 2. The molecule has 2 fully saturated rings. The number of piperazine rings is 1. The van der Waals surface area contributed by atoms with Crippen LogP contribution >= 0.6 is 37.2 Å². The Morgan fingerprint density at radius 1 is 1.03 bits per heavy atom. The first-order valence-corrected chi connectivity index (χ1v) is 11.9. The van der Waals surface area contributed by atoms with Gasteiger partial charge in [-0.3, -0.25) is 14.6 Å². The van der Waals surface area contributed by atoms with Crippen LogP contribution in [0.1, 0.15) is 33.8 Å². The molecule has 0 bridgehead atoms. The number of aromatic nitrogens is 1. The van der Waals surface area contributed by atoms with Crippen molar-refractivity contribution in [2.75, 3.05) is 36.4 Å². The van der Waals surface area contributed by atoms with Crippen LogP contribution < -0.4 is 20.9 Å². The molecule has 2 aromatic carbocycles. The average Bonchev–Trinajstić information content (AvgIpc) is 3.71. The molecule has 0 unspecified atom stereocenters. The summed E-state index contributed by atoms with van der Waals surface area (Å²) in [5.41, 5.74) is 3.42. The molecule has 1 saturated heterocycles. The van der Waals surface area contributed by atoms with Gasteiger partial charge in [-0.15, -0.1) is 37.2 Å². The molecule has 2 amide bonds. The summed E-state index contributed by atoms with van der Waals surface area (Å²) >= 11 is 0. The van der Waals surface area contributed by atoms with Gasteiger partial charge in [0.1, 0.15) is 5.82 Å². The lowest BCUT2D eigenvalue weighted by atomic mass is 10.1. The van der Waals surface area contributed by atoms with E-state index in [0.29, 0.717) is 16.8 Å². The van der Waals surface area contributed by atoms with Crippen molar-refractivity contribution < 1.29 is 14.0 Å². The molecule has 1 aliphatic carbocycles. The van der Waals surface area contributed by atoms with Crippen LogP contribution in [0.25, 0.3) is 0 Å². The maximum absolute atomic E-state index is 14.6. The number of anilines is 2. The van der Waals surface area contributed by atoms with Crippen LogP contribution in [0, 0.1) is 11.7 Å². The molecule has 2 aliphatic rings. The van der Waals surface area contributed by atoms with E-state index in [4.69, 9.17) is 0 Å². The van der Waals surface area contributed by atoms with E-state index in [1.807, 2.05) is 24.3 Å². The fraction of sp³-hybridized carbons (Fsp3) is 0.296. The van der Waals surface area contributed by atoms with Crippen molar-refractivity contribution >= 4 is 60.4 Å². The third kappa shape index (κ3) is 7.57. The molecular weight excluding hydrogens is 552 g/mol. The summed E-state index contributed by atoms with van der Waals surface area (Å²) in [6, 6.07) is 15.8. The van der Waals surface area contributed by atoms with E-state index in [1.165, 1.54) is 6.07 Å². The molecule has 1 saturated carbocycles. The monoisotopic (exact) mass is 581 g/mol. The highest BCUT2D eigenvalue weighted by molar-refractivity contribution is 5.95. The van der Waals surface area contributed by atoms with Gasteiger partial charge in [-0.25, -0.2) is 4.39 Å². The van der Waals surface area contributed by atoms with Crippen LogP contribution in [0.2, 0.25) is 0 Å². The highest BCUT2D eigenvalue weighted by Gasteiger charge is 2.44. The maximum Gasteiger partial charge on any atom is 0.251 e. The molecule has 7 nitrogen and oxygen atoms in total. The Hall–Kier alpha value is -2.91. The third-order valence-corrected chi connectivity index (χ3v) is 6.61. The van der Waals surface area contributed by atoms with Crippen molar-refractivity contribution in [3.8, 4) is 0 Å². The lowest BCUT2D eigenvalue weighted by Gasteiger charge is -2.29. The predicted octanol–water partition coefficient (Wildman–Crippen LogP) is 4.57. The van der Waals surface area contributed by atoms with Crippen molar-refractivity contribution in [2.24, 2.45) is 5.92 Å². The molecule has 0 radical (unpaired) electrons. The SMILES string of the molecule is Cl.Cl.Cl.O=C(NCc1ccc(NC(=O)[C@H]2C[C@@H]2c2cccnc2)cc1F)c1ccc(N2CCNCC2)cc1. The van der Waals surface area contributed by atoms with Gasteiger partial charge in [0.05, 0.1) is 0 Å². The molecule has 3 N–H and O–H groups in total. The van der Waals surface area contributed by atoms with E-state index in [0.717, 1.165) is 43.9 Å². The number of rotatable bonds is 7. The zero-order valence-corrected chi connectivity index (χ0v) is 23.0. The van der Waals surface area contributed by atoms with E-state index in [9.17, 15) is 14.0 Å². The van der Waals surface area contributed by atoms with Crippen LogP contribution in [0.5, 0.6) is 0 Å². The minimum atomic E-state index is -0.475. The summed E-state index contributed by atoms with van der Waals surface area (Å²) in [6.07, 6.45) is 4.25. The standard InChI is InChI=1S/C27H28FN5O2.3ClH/c28-25-14-21(32-27(35)24-15-23(24)19-2-1-9-30-16-19)6-3-20(25)17-31-26(34)18-4-7-22(8-5-18)33-12-10-29-11-13-33;;;/h1-9,14,16,23-24,29H,10-13,15,17H2,(H,31,34)(H,32,35);3*1H/t23-,24+;;;/m1.../s1. The largest absolute Gasteiger partial charge is 0.369 e. The van der Waals surface area contributed by atoms with E-state index in [2.05, 4.69) is 25.8 Å². The summed E-state index contributed by atoms with van der Waals surface area (Å²) in [6.45, 7) is 3.83. The molecule has 5 rings (SSSR count). The molecule has 38 heavy (non-hydrogen) atoms. The Morgan fingerprint density at radius 3 is 2.42 bits per heavy atom. The van der Waals surface area contributed by atoms with Gasteiger partial charge in [0.15, 0.2) is 0 Å². The van der Waals surface area contributed by atoms with Gasteiger partial charge >= 0.3 is 0 Å². The van der Waals surface area contributed by atoms with Gasteiger partial charge in [-0.2, -0.15) is 0 Å². The predicted molar refractivity (Wildman–Crippen MR) is 155 cm³/mol. The molecule has 2 heterocycles. The lowest BCUT2D eigenvalue weighted by molar-refractivity contribution is -0.117. The first-order valence-electron chi connectivity index (χ1n) is 11.9. The van der Waals surface area contributed by atoms with Gasteiger partial charge in [-0.1, -0.05) is 12.1 Å². The Labute approximate surface area is 240 Å². The molecule has 0 spiro atoms. The van der Waals surface area contributed by atoms with Crippen LogP contribution in [0.4, 0.5) is 15.8 Å². The highest BCUT2D eigenvalue weighted by atomic mass is 35.5. The van der Waals surface area contributed by atoms with Crippen molar-refractivity contribution in [3.63, 3.8) is 0 Å². The number of pyridine rings is 1. The zero-order valence-electron chi connectivity index (χ0n) is 20.6. The molecule has 2 atom stereocenters. The van der Waals surface area contributed by atoms with E-state index >= 15 is 0 Å². The van der Waals surface area contributed by atoms with E-state index < -0.39 is 5.82 Å². The van der Waals surface area contributed by atoms with Gasteiger partial charge < -0.3 is 20.9 Å². The Bertz CT molecular complexity index is 1210. The number of carbonyl (C=O) groups excluding carboxylic acids is 2. The minimum Gasteiger partial charge on any atom is -0.369 e. The summed E-state index contributed by atoms with van der Waals surface area (Å²) in [5.74, 6) is -0.822. The first-order chi connectivity index (χ1) is 17.1. The van der Waals surface area contributed by atoms with Gasteiger partial charge in [0, 0.05) is 73.5 Å².